The summed E-state index contributed by atoms with van der Waals surface area (Å²) in [6.07, 6.45) is 3.95. The standard InChI is InChI=1S/C21H29N5O5S2/c1-33-7-6-16(21(30)31)26-20(29)17(25-18(27)10-24-19(28)14(22)11-32)8-12-9-23-15-5-3-2-4-13(12)15/h2-5,9,14,16-17,23,32H,6-8,10-11,22H2,1H3,(H,24,28)(H,25,27)(H,26,29)(H,30,31). The molecule has 0 aliphatic rings. The average Bonchev–Trinajstić information content (AvgIpc) is 3.21. The SMILES string of the molecule is CSCCC(NC(=O)C(Cc1c[nH]c2ccccc12)NC(=O)CNC(=O)C(N)CS)C(=O)O. The van der Waals surface area contributed by atoms with Crippen molar-refractivity contribution in [3.8, 4) is 0 Å². The van der Waals surface area contributed by atoms with Gasteiger partial charge >= 0.3 is 5.97 Å². The lowest BCUT2D eigenvalue weighted by Gasteiger charge is -2.21. The van der Waals surface area contributed by atoms with Gasteiger partial charge in [-0.25, -0.2) is 4.79 Å². The van der Waals surface area contributed by atoms with Crippen LogP contribution in [0.4, 0.5) is 0 Å². The first-order valence-corrected chi connectivity index (χ1v) is 12.3. The Morgan fingerprint density at radius 1 is 1.15 bits per heavy atom. The molecule has 0 fully saturated rings. The maximum Gasteiger partial charge on any atom is 0.326 e. The minimum absolute atomic E-state index is 0.117. The highest BCUT2D eigenvalue weighted by Crippen LogP contribution is 2.19. The number of amides is 3. The normalized spacial score (nSPS) is 13.7. The van der Waals surface area contributed by atoms with Crippen LogP contribution in [0.15, 0.2) is 30.5 Å². The van der Waals surface area contributed by atoms with Gasteiger partial charge < -0.3 is 31.8 Å². The van der Waals surface area contributed by atoms with Crippen molar-refractivity contribution in [2.45, 2.75) is 31.0 Å². The number of hydrogen-bond donors (Lipinski definition) is 7. The largest absolute Gasteiger partial charge is 0.480 e. The molecule has 3 atom stereocenters. The molecule has 3 amide bonds. The number of H-pyrrole nitrogens is 1. The van der Waals surface area contributed by atoms with E-state index in [-0.39, 0.29) is 25.1 Å². The summed E-state index contributed by atoms with van der Waals surface area (Å²) < 4.78 is 0. The molecule has 0 bridgehead atoms. The van der Waals surface area contributed by atoms with E-state index in [0.717, 1.165) is 16.5 Å². The fourth-order valence-corrected chi connectivity index (χ4v) is 3.76. The number of aromatic nitrogens is 1. The Hall–Kier alpha value is -2.70. The monoisotopic (exact) mass is 495 g/mol. The third kappa shape index (κ3) is 7.98. The molecule has 12 heteroatoms. The van der Waals surface area contributed by atoms with Crippen LogP contribution in [0.1, 0.15) is 12.0 Å². The molecule has 1 heterocycles. The molecule has 0 saturated carbocycles. The van der Waals surface area contributed by atoms with E-state index in [1.54, 1.807) is 6.20 Å². The van der Waals surface area contributed by atoms with Crippen LogP contribution >= 0.6 is 24.4 Å². The van der Waals surface area contributed by atoms with E-state index in [1.165, 1.54) is 11.8 Å². The summed E-state index contributed by atoms with van der Waals surface area (Å²) in [7, 11) is 0. The highest BCUT2D eigenvalue weighted by Gasteiger charge is 2.27. The third-order valence-corrected chi connectivity index (χ3v) is 5.97. The van der Waals surface area contributed by atoms with Gasteiger partial charge in [0.15, 0.2) is 0 Å². The summed E-state index contributed by atoms with van der Waals surface area (Å²) in [6.45, 7) is -0.382. The first kappa shape index (κ1) is 26.6. The quantitative estimate of drug-likeness (QED) is 0.190. The van der Waals surface area contributed by atoms with Crippen molar-refractivity contribution >= 4 is 59.0 Å². The van der Waals surface area contributed by atoms with Crippen molar-refractivity contribution in [2.75, 3.05) is 24.3 Å². The molecule has 33 heavy (non-hydrogen) atoms. The Kier molecular flexibility index (Phi) is 10.6. The zero-order valence-electron chi connectivity index (χ0n) is 18.2. The molecule has 0 radical (unpaired) electrons. The molecule has 1 aromatic heterocycles. The topological polar surface area (TPSA) is 166 Å². The van der Waals surface area contributed by atoms with Crippen LogP contribution in [-0.2, 0) is 25.6 Å². The van der Waals surface area contributed by atoms with Gasteiger partial charge in [0.25, 0.3) is 0 Å². The van der Waals surface area contributed by atoms with Gasteiger partial charge in [-0.05, 0) is 30.1 Å². The van der Waals surface area contributed by atoms with E-state index < -0.39 is 41.8 Å². The van der Waals surface area contributed by atoms with Crippen molar-refractivity contribution < 1.29 is 24.3 Å². The lowest BCUT2D eigenvalue weighted by molar-refractivity contribution is -0.142. The van der Waals surface area contributed by atoms with Crippen molar-refractivity contribution in [3.63, 3.8) is 0 Å². The van der Waals surface area contributed by atoms with Gasteiger partial charge in [0.1, 0.15) is 12.1 Å². The molecule has 180 valence electrons. The fourth-order valence-electron chi connectivity index (χ4n) is 3.12. The predicted octanol–water partition coefficient (Wildman–Crippen LogP) is -0.109. The van der Waals surface area contributed by atoms with Gasteiger partial charge in [0, 0.05) is 29.3 Å². The van der Waals surface area contributed by atoms with Crippen LogP contribution in [-0.4, -0.2) is 76.2 Å². The first-order valence-electron chi connectivity index (χ1n) is 10.3. The van der Waals surface area contributed by atoms with E-state index in [4.69, 9.17) is 5.73 Å². The number of carbonyl (C=O) groups is 4. The number of aliphatic carboxylic acids is 1. The number of thiol groups is 1. The Labute approximate surface area is 201 Å². The molecular formula is C21H29N5O5S2. The van der Waals surface area contributed by atoms with Crippen molar-refractivity contribution in [2.24, 2.45) is 5.73 Å². The highest BCUT2D eigenvalue weighted by molar-refractivity contribution is 7.98. The van der Waals surface area contributed by atoms with Crippen LogP contribution in [0.3, 0.4) is 0 Å². The van der Waals surface area contributed by atoms with Gasteiger partial charge in [-0.2, -0.15) is 24.4 Å². The molecule has 0 aliphatic carbocycles. The third-order valence-electron chi connectivity index (χ3n) is 4.93. The lowest BCUT2D eigenvalue weighted by Crippen LogP contribution is -2.54. The number of nitrogens with one attached hydrogen (secondary N) is 4. The van der Waals surface area contributed by atoms with Gasteiger partial charge in [-0.3, -0.25) is 14.4 Å². The van der Waals surface area contributed by atoms with Gasteiger partial charge in [0.05, 0.1) is 12.6 Å². The summed E-state index contributed by atoms with van der Waals surface area (Å²) in [4.78, 5) is 51.9. The van der Waals surface area contributed by atoms with Gasteiger partial charge in [0.2, 0.25) is 17.7 Å². The summed E-state index contributed by atoms with van der Waals surface area (Å²) in [5.74, 6) is -2.26. The molecule has 3 unspecified atom stereocenters. The zero-order chi connectivity index (χ0) is 24.4. The number of carbonyl (C=O) groups excluding carboxylic acids is 3. The number of benzene rings is 1. The smallest absolute Gasteiger partial charge is 0.326 e. The molecule has 10 nitrogen and oxygen atoms in total. The Morgan fingerprint density at radius 3 is 2.55 bits per heavy atom. The van der Waals surface area contributed by atoms with E-state index in [1.807, 2.05) is 30.5 Å². The Morgan fingerprint density at radius 2 is 1.88 bits per heavy atom. The summed E-state index contributed by atoms with van der Waals surface area (Å²) in [6, 6.07) is 4.50. The highest BCUT2D eigenvalue weighted by atomic mass is 32.2. The lowest BCUT2D eigenvalue weighted by atomic mass is 10.0. The van der Waals surface area contributed by atoms with Crippen molar-refractivity contribution in [3.05, 3.63) is 36.0 Å². The molecule has 2 rings (SSSR count). The van der Waals surface area contributed by atoms with E-state index in [2.05, 4.69) is 33.6 Å². The molecular weight excluding hydrogens is 466 g/mol. The number of aromatic amines is 1. The number of carboxylic acid groups (broad SMARTS) is 1. The van der Waals surface area contributed by atoms with E-state index in [9.17, 15) is 24.3 Å². The molecule has 0 spiro atoms. The predicted molar refractivity (Wildman–Crippen MR) is 131 cm³/mol. The van der Waals surface area contributed by atoms with Crippen LogP contribution in [0.2, 0.25) is 0 Å². The van der Waals surface area contributed by atoms with Crippen LogP contribution in [0.5, 0.6) is 0 Å². The Balaban J connectivity index is 2.16. The molecule has 7 N–H and O–H groups in total. The minimum atomic E-state index is -1.15. The average molecular weight is 496 g/mol. The van der Waals surface area contributed by atoms with Crippen LogP contribution < -0.4 is 21.7 Å². The fraction of sp³-hybridized carbons (Fsp3) is 0.429. The molecule has 1 aromatic carbocycles. The second-order valence-corrected chi connectivity index (χ2v) is 8.72. The summed E-state index contributed by atoms with van der Waals surface area (Å²) in [5.41, 5.74) is 7.22. The van der Waals surface area contributed by atoms with Crippen LogP contribution in [0.25, 0.3) is 10.9 Å². The van der Waals surface area contributed by atoms with Gasteiger partial charge in [-0.15, -0.1) is 0 Å². The number of thioether (sulfide) groups is 1. The van der Waals surface area contributed by atoms with Crippen molar-refractivity contribution in [1.29, 1.82) is 0 Å². The minimum Gasteiger partial charge on any atom is -0.480 e. The maximum absolute atomic E-state index is 13.0. The molecule has 2 aromatic rings. The number of nitrogens with two attached hydrogens (primary N) is 1. The summed E-state index contributed by atoms with van der Waals surface area (Å²) >= 11 is 5.41. The second kappa shape index (κ2) is 13.1. The van der Waals surface area contributed by atoms with E-state index >= 15 is 0 Å². The maximum atomic E-state index is 13.0. The number of hydrogen-bond acceptors (Lipinski definition) is 7. The van der Waals surface area contributed by atoms with Gasteiger partial charge in [-0.1, -0.05) is 18.2 Å². The Bertz CT molecular complexity index is 983. The first-order chi connectivity index (χ1) is 15.8. The van der Waals surface area contributed by atoms with E-state index in [0.29, 0.717) is 5.75 Å². The number of para-hydroxylation sites is 1. The molecule has 0 saturated heterocycles. The molecule has 0 aliphatic heterocycles. The zero-order valence-corrected chi connectivity index (χ0v) is 19.9. The second-order valence-electron chi connectivity index (χ2n) is 7.37. The number of carboxylic acids is 1. The number of fused-ring (bicyclic) bond motifs is 1. The van der Waals surface area contributed by atoms with Crippen LogP contribution in [0, 0.1) is 0 Å². The van der Waals surface area contributed by atoms with Crippen molar-refractivity contribution in [1.82, 2.24) is 20.9 Å². The number of rotatable bonds is 13. The summed E-state index contributed by atoms with van der Waals surface area (Å²) in [5, 5.41) is 17.8.